The SMILES string of the molecule is CC(C)c1c(Cl)[nH]c(=O)n(C2CCCCC2C(C)C)c1=O. The molecule has 1 saturated carbocycles. The summed E-state index contributed by atoms with van der Waals surface area (Å²) in [6, 6.07) is -0.00948. The molecule has 118 valence electrons. The summed E-state index contributed by atoms with van der Waals surface area (Å²) in [5, 5.41) is 0.188. The van der Waals surface area contributed by atoms with Gasteiger partial charge in [0.05, 0.1) is 5.56 Å². The second-order valence-electron chi connectivity index (χ2n) is 6.75. The maximum atomic E-state index is 12.8. The van der Waals surface area contributed by atoms with E-state index < -0.39 is 0 Å². The van der Waals surface area contributed by atoms with Crippen LogP contribution in [0.4, 0.5) is 0 Å². The van der Waals surface area contributed by atoms with Gasteiger partial charge in [0.25, 0.3) is 5.56 Å². The van der Waals surface area contributed by atoms with E-state index in [2.05, 4.69) is 18.8 Å². The van der Waals surface area contributed by atoms with E-state index in [1.54, 1.807) is 0 Å². The number of H-pyrrole nitrogens is 1. The lowest BCUT2D eigenvalue weighted by Crippen LogP contribution is -2.44. The summed E-state index contributed by atoms with van der Waals surface area (Å²) in [7, 11) is 0. The number of hydrogen-bond acceptors (Lipinski definition) is 2. The van der Waals surface area contributed by atoms with Crippen LogP contribution in [0.1, 0.15) is 70.9 Å². The molecule has 1 fully saturated rings. The molecule has 5 heteroatoms. The molecule has 1 aliphatic rings. The molecular weight excluding hydrogens is 288 g/mol. The van der Waals surface area contributed by atoms with E-state index in [4.69, 9.17) is 11.6 Å². The van der Waals surface area contributed by atoms with Gasteiger partial charge in [-0.1, -0.05) is 52.1 Å². The lowest BCUT2D eigenvalue weighted by atomic mass is 9.77. The topological polar surface area (TPSA) is 54.9 Å². The second-order valence-corrected chi connectivity index (χ2v) is 7.13. The quantitative estimate of drug-likeness (QED) is 0.865. The van der Waals surface area contributed by atoms with E-state index >= 15 is 0 Å². The van der Waals surface area contributed by atoms with Crippen molar-refractivity contribution in [1.29, 1.82) is 0 Å². The van der Waals surface area contributed by atoms with Gasteiger partial charge in [-0.3, -0.25) is 14.3 Å². The van der Waals surface area contributed by atoms with Crippen molar-refractivity contribution < 1.29 is 0 Å². The lowest BCUT2D eigenvalue weighted by molar-refractivity contribution is 0.176. The Morgan fingerprint density at radius 1 is 1.14 bits per heavy atom. The van der Waals surface area contributed by atoms with Crippen LogP contribution >= 0.6 is 11.6 Å². The van der Waals surface area contributed by atoms with Crippen LogP contribution in [-0.2, 0) is 0 Å². The van der Waals surface area contributed by atoms with Crippen molar-refractivity contribution in [3.63, 3.8) is 0 Å². The Morgan fingerprint density at radius 3 is 2.33 bits per heavy atom. The van der Waals surface area contributed by atoms with Crippen molar-refractivity contribution >= 4 is 11.6 Å². The molecule has 1 N–H and O–H groups in total. The largest absolute Gasteiger partial charge is 0.329 e. The molecule has 0 aliphatic heterocycles. The highest BCUT2D eigenvalue weighted by atomic mass is 35.5. The van der Waals surface area contributed by atoms with E-state index in [-0.39, 0.29) is 28.4 Å². The molecule has 0 saturated heterocycles. The normalized spacial score (nSPS) is 23.0. The Hall–Kier alpha value is -1.03. The number of rotatable bonds is 3. The fraction of sp³-hybridized carbons (Fsp3) is 0.750. The minimum atomic E-state index is -0.369. The molecule has 1 aromatic rings. The number of hydrogen-bond donors (Lipinski definition) is 1. The highest BCUT2D eigenvalue weighted by Crippen LogP contribution is 2.37. The molecule has 0 spiro atoms. The highest BCUT2D eigenvalue weighted by Gasteiger charge is 2.32. The first-order valence-electron chi connectivity index (χ1n) is 7.88. The molecule has 0 bridgehead atoms. The number of halogens is 1. The molecule has 2 rings (SSSR count). The van der Waals surface area contributed by atoms with Crippen molar-refractivity contribution in [2.75, 3.05) is 0 Å². The number of nitrogens with one attached hydrogen (secondary N) is 1. The Kier molecular flexibility index (Phi) is 4.97. The highest BCUT2D eigenvalue weighted by molar-refractivity contribution is 6.30. The molecule has 1 aromatic heterocycles. The third-order valence-electron chi connectivity index (χ3n) is 4.67. The van der Waals surface area contributed by atoms with Crippen LogP contribution in [0.15, 0.2) is 9.59 Å². The van der Waals surface area contributed by atoms with Crippen LogP contribution in [0.25, 0.3) is 0 Å². The fourth-order valence-corrected chi connectivity index (χ4v) is 3.96. The molecule has 0 aromatic carbocycles. The fourth-order valence-electron chi connectivity index (χ4n) is 3.58. The first-order valence-corrected chi connectivity index (χ1v) is 8.26. The smallest absolute Gasteiger partial charge is 0.297 e. The molecule has 4 nitrogen and oxygen atoms in total. The van der Waals surface area contributed by atoms with E-state index in [0.717, 1.165) is 19.3 Å². The average Bonchev–Trinajstić information content (AvgIpc) is 2.37. The molecule has 2 unspecified atom stereocenters. The molecule has 0 radical (unpaired) electrons. The predicted octanol–water partition coefficient (Wildman–Crippen LogP) is 3.70. The van der Waals surface area contributed by atoms with E-state index in [0.29, 0.717) is 17.4 Å². The van der Waals surface area contributed by atoms with E-state index in [9.17, 15) is 9.59 Å². The third kappa shape index (κ3) is 3.10. The summed E-state index contributed by atoms with van der Waals surface area (Å²) in [5.74, 6) is 0.827. The van der Waals surface area contributed by atoms with Gasteiger partial charge in [0.2, 0.25) is 0 Å². The minimum Gasteiger partial charge on any atom is -0.297 e. The standard InChI is InChI=1S/C16H25ClN2O2/c1-9(2)11-7-5-6-8-12(11)19-15(20)13(10(3)4)14(17)18-16(19)21/h9-12H,5-8H2,1-4H3,(H,18,21). The maximum absolute atomic E-state index is 12.8. The van der Waals surface area contributed by atoms with Crippen LogP contribution in [-0.4, -0.2) is 9.55 Å². The van der Waals surface area contributed by atoms with Gasteiger partial charge in [-0.25, -0.2) is 4.79 Å². The summed E-state index contributed by atoms with van der Waals surface area (Å²) in [6.07, 6.45) is 4.22. The number of aromatic amines is 1. The van der Waals surface area contributed by atoms with Crippen molar-refractivity contribution in [1.82, 2.24) is 9.55 Å². The van der Waals surface area contributed by atoms with Crippen LogP contribution in [0, 0.1) is 11.8 Å². The van der Waals surface area contributed by atoms with Gasteiger partial charge in [0, 0.05) is 6.04 Å². The Balaban J connectivity index is 2.60. The predicted molar refractivity (Wildman–Crippen MR) is 86.3 cm³/mol. The van der Waals surface area contributed by atoms with Crippen LogP contribution in [0.3, 0.4) is 0 Å². The zero-order chi connectivity index (χ0) is 15.7. The van der Waals surface area contributed by atoms with Gasteiger partial charge in [-0.05, 0) is 30.6 Å². The van der Waals surface area contributed by atoms with E-state index in [1.165, 1.54) is 11.0 Å². The van der Waals surface area contributed by atoms with Gasteiger partial charge in [-0.15, -0.1) is 0 Å². The number of aromatic nitrogens is 2. The first kappa shape index (κ1) is 16.3. The van der Waals surface area contributed by atoms with Crippen LogP contribution in [0.5, 0.6) is 0 Å². The van der Waals surface area contributed by atoms with Gasteiger partial charge in [-0.2, -0.15) is 0 Å². The average molecular weight is 313 g/mol. The molecule has 1 heterocycles. The van der Waals surface area contributed by atoms with Gasteiger partial charge in [0.1, 0.15) is 5.15 Å². The number of nitrogens with zero attached hydrogens (tertiary/aromatic N) is 1. The van der Waals surface area contributed by atoms with Crippen molar-refractivity contribution in [2.45, 2.75) is 65.3 Å². The Morgan fingerprint density at radius 2 is 1.76 bits per heavy atom. The zero-order valence-electron chi connectivity index (χ0n) is 13.3. The van der Waals surface area contributed by atoms with Gasteiger partial charge >= 0.3 is 5.69 Å². The molecule has 1 aliphatic carbocycles. The van der Waals surface area contributed by atoms with Crippen LogP contribution in [0.2, 0.25) is 5.15 Å². The minimum absolute atomic E-state index is 0.00538. The summed E-state index contributed by atoms with van der Waals surface area (Å²) in [4.78, 5) is 27.8. The van der Waals surface area contributed by atoms with Gasteiger partial charge in [0.15, 0.2) is 0 Å². The molecular formula is C16H25ClN2O2. The van der Waals surface area contributed by atoms with E-state index in [1.807, 2.05) is 13.8 Å². The van der Waals surface area contributed by atoms with Crippen molar-refractivity contribution in [3.05, 3.63) is 31.6 Å². The summed E-state index contributed by atoms with van der Waals surface area (Å²) < 4.78 is 1.44. The molecule has 0 amide bonds. The zero-order valence-corrected chi connectivity index (χ0v) is 14.0. The maximum Gasteiger partial charge on any atom is 0.329 e. The third-order valence-corrected chi connectivity index (χ3v) is 4.97. The first-order chi connectivity index (χ1) is 9.84. The second kappa shape index (κ2) is 6.39. The Labute approximate surface area is 130 Å². The van der Waals surface area contributed by atoms with Crippen molar-refractivity contribution in [3.8, 4) is 0 Å². The van der Waals surface area contributed by atoms with Gasteiger partial charge < -0.3 is 0 Å². The summed E-state index contributed by atoms with van der Waals surface area (Å²) in [5.41, 5.74) is -0.0624. The summed E-state index contributed by atoms with van der Waals surface area (Å²) >= 11 is 6.07. The molecule has 21 heavy (non-hydrogen) atoms. The molecule has 2 atom stereocenters. The monoisotopic (exact) mass is 312 g/mol. The lowest BCUT2D eigenvalue weighted by Gasteiger charge is -2.35. The summed E-state index contributed by atoms with van der Waals surface area (Å²) in [6.45, 7) is 8.18. The Bertz CT molecular complexity index is 616. The van der Waals surface area contributed by atoms with Crippen molar-refractivity contribution in [2.24, 2.45) is 11.8 Å². The van der Waals surface area contributed by atoms with Crippen LogP contribution < -0.4 is 11.2 Å².